The Morgan fingerprint density at radius 1 is 1.38 bits per heavy atom. The summed E-state index contributed by atoms with van der Waals surface area (Å²) in [5.74, 6) is 1.10. The van der Waals surface area contributed by atoms with Crippen LogP contribution in [0.3, 0.4) is 0 Å². The zero-order chi connectivity index (χ0) is 15.0. The highest BCUT2D eigenvalue weighted by Gasteiger charge is 2.40. The van der Waals surface area contributed by atoms with Crippen LogP contribution in [0.15, 0.2) is 27.6 Å². The van der Waals surface area contributed by atoms with Crippen LogP contribution in [0.4, 0.5) is 0 Å². The second-order valence-electron chi connectivity index (χ2n) is 6.45. The van der Waals surface area contributed by atoms with E-state index in [9.17, 15) is 4.79 Å². The van der Waals surface area contributed by atoms with Gasteiger partial charge in [0.25, 0.3) is 5.89 Å². The Balaban J connectivity index is 1.90. The molecule has 1 fully saturated rings. The summed E-state index contributed by atoms with van der Waals surface area (Å²) in [7, 11) is 0. The van der Waals surface area contributed by atoms with E-state index in [1.807, 2.05) is 0 Å². The van der Waals surface area contributed by atoms with Crippen molar-refractivity contribution in [2.75, 3.05) is 6.61 Å². The molecule has 0 amide bonds. The van der Waals surface area contributed by atoms with Crippen molar-refractivity contribution in [1.82, 2.24) is 15.1 Å². The number of aromatic amines is 1. The minimum atomic E-state index is -0.0970. The van der Waals surface area contributed by atoms with E-state index in [1.54, 1.807) is 6.20 Å². The highest BCUT2D eigenvalue weighted by molar-refractivity contribution is 5.45. The number of hydrogen-bond donors (Lipinski definition) is 1. The molecule has 1 aliphatic rings. The van der Waals surface area contributed by atoms with E-state index < -0.39 is 0 Å². The molecule has 0 unspecified atom stereocenters. The first-order valence-corrected chi connectivity index (χ1v) is 7.09. The fraction of sp³-hybridized carbons (Fsp3) is 0.533. The van der Waals surface area contributed by atoms with Gasteiger partial charge in [-0.05, 0) is 11.8 Å². The van der Waals surface area contributed by atoms with Gasteiger partial charge in [-0.25, -0.2) is 0 Å². The second-order valence-corrected chi connectivity index (χ2v) is 6.45. The van der Waals surface area contributed by atoms with Gasteiger partial charge in [-0.15, -0.1) is 0 Å². The molecule has 112 valence electrons. The van der Waals surface area contributed by atoms with Gasteiger partial charge in [0.15, 0.2) is 11.3 Å². The number of rotatable bonds is 2. The summed E-state index contributed by atoms with van der Waals surface area (Å²) in [4.78, 5) is 18.8. The van der Waals surface area contributed by atoms with Gasteiger partial charge in [-0.3, -0.25) is 4.79 Å². The molecule has 3 rings (SSSR count). The van der Waals surface area contributed by atoms with E-state index in [4.69, 9.17) is 9.26 Å². The number of aromatic nitrogens is 3. The van der Waals surface area contributed by atoms with Crippen molar-refractivity contribution in [1.29, 1.82) is 0 Å². The Labute approximate surface area is 122 Å². The lowest BCUT2D eigenvalue weighted by Gasteiger charge is -2.29. The Bertz CT molecular complexity index is 684. The molecule has 3 heterocycles. The van der Waals surface area contributed by atoms with Crippen LogP contribution in [0.25, 0.3) is 11.6 Å². The lowest BCUT2D eigenvalue weighted by atomic mass is 9.81. The van der Waals surface area contributed by atoms with Crippen LogP contribution in [0.5, 0.6) is 0 Å². The molecule has 0 saturated carbocycles. The average molecular weight is 289 g/mol. The maximum absolute atomic E-state index is 11.4. The Morgan fingerprint density at radius 3 is 2.90 bits per heavy atom. The van der Waals surface area contributed by atoms with E-state index in [-0.39, 0.29) is 22.9 Å². The third kappa shape index (κ3) is 2.76. The summed E-state index contributed by atoms with van der Waals surface area (Å²) in [6.45, 7) is 7.14. The summed E-state index contributed by atoms with van der Waals surface area (Å²) < 4.78 is 11.1. The quantitative estimate of drug-likeness (QED) is 0.917. The number of nitrogens with zero attached hydrogens (tertiary/aromatic N) is 2. The molecule has 2 atom stereocenters. The number of pyridine rings is 1. The van der Waals surface area contributed by atoms with Gasteiger partial charge in [0.2, 0.25) is 0 Å². The molecule has 0 radical (unpaired) electrons. The average Bonchev–Trinajstić information content (AvgIpc) is 3.07. The van der Waals surface area contributed by atoms with Crippen molar-refractivity contribution in [3.05, 3.63) is 34.4 Å². The largest absolute Gasteiger partial charge is 0.377 e. The normalized spacial score (nSPS) is 22.6. The first-order valence-electron chi connectivity index (χ1n) is 7.09. The van der Waals surface area contributed by atoms with Crippen LogP contribution in [0.1, 0.15) is 38.9 Å². The zero-order valence-electron chi connectivity index (χ0n) is 12.4. The van der Waals surface area contributed by atoms with Crippen LogP contribution in [-0.2, 0) is 4.74 Å². The highest BCUT2D eigenvalue weighted by atomic mass is 16.5. The fourth-order valence-electron chi connectivity index (χ4n) is 2.77. The molecule has 1 N–H and O–H groups in total. The maximum Gasteiger partial charge on any atom is 0.274 e. The molecule has 0 bridgehead atoms. The molecule has 6 nitrogen and oxygen atoms in total. The third-order valence-corrected chi connectivity index (χ3v) is 3.72. The summed E-state index contributed by atoms with van der Waals surface area (Å²) in [6, 6.07) is 2.89. The van der Waals surface area contributed by atoms with Crippen molar-refractivity contribution < 1.29 is 9.26 Å². The number of H-pyrrole nitrogens is 1. The van der Waals surface area contributed by atoms with Crippen LogP contribution in [-0.4, -0.2) is 27.8 Å². The van der Waals surface area contributed by atoms with Gasteiger partial charge in [-0.2, -0.15) is 4.98 Å². The van der Waals surface area contributed by atoms with Crippen LogP contribution in [0, 0.1) is 5.41 Å². The maximum atomic E-state index is 11.4. The summed E-state index contributed by atoms with van der Waals surface area (Å²) in [5.41, 5.74) is 0.455. The molecule has 2 aromatic rings. The van der Waals surface area contributed by atoms with Crippen molar-refractivity contribution in [3.8, 4) is 11.6 Å². The van der Waals surface area contributed by atoms with Crippen molar-refractivity contribution >= 4 is 0 Å². The molecule has 1 saturated heterocycles. The van der Waals surface area contributed by atoms with Gasteiger partial charge in [-0.1, -0.05) is 25.9 Å². The first kappa shape index (κ1) is 14.0. The van der Waals surface area contributed by atoms with Gasteiger partial charge < -0.3 is 14.2 Å². The minimum Gasteiger partial charge on any atom is -0.377 e. The molecular formula is C15H19N3O3. The lowest BCUT2D eigenvalue weighted by Crippen LogP contribution is -2.30. The van der Waals surface area contributed by atoms with Gasteiger partial charge in [0, 0.05) is 24.9 Å². The Kier molecular flexibility index (Phi) is 3.41. The van der Waals surface area contributed by atoms with Gasteiger partial charge in [0.05, 0.1) is 12.0 Å². The van der Waals surface area contributed by atoms with E-state index in [0.717, 1.165) is 6.42 Å². The lowest BCUT2D eigenvalue weighted by molar-refractivity contribution is 0.0193. The monoisotopic (exact) mass is 289 g/mol. The topological polar surface area (TPSA) is 81.0 Å². The van der Waals surface area contributed by atoms with Gasteiger partial charge >= 0.3 is 0 Å². The van der Waals surface area contributed by atoms with E-state index in [1.165, 1.54) is 12.1 Å². The van der Waals surface area contributed by atoms with Crippen LogP contribution >= 0.6 is 0 Å². The van der Waals surface area contributed by atoms with E-state index in [0.29, 0.717) is 24.0 Å². The fourth-order valence-corrected chi connectivity index (χ4v) is 2.77. The minimum absolute atomic E-state index is 0.0169. The Morgan fingerprint density at radius 2 is 2.19 bits per heavy atom. The van der Waals surface area contributed by atoms with E-state index in [2.05, 4.69) is 35.9 Å². The SMILES string of the molecule is CC(C)(C)[C@@H]1OCC[C@H]1c1noc(-c2cc(=O)cc[nH]2)n1. The predicted molar refractivity (Wildman–Crippen MR) is 76.9 cm³/mol. The highest BCUT2D eigenvalue weighted by Crippen LogP contribution is 2.40. The second kappa shape index (κ2) is 5.11. The van der Waals surface area contributed by atoms with E-state index >= 15 is 0 Å². The summed E-state index contributed by atoms with van der Waals surface area (Å²) in [5, 5.41) is 4.08. The molecule has 2 aromatic heterocycles. The Hall–Kier alpha value is -1.95. The zero-order valence-corrected chi connectivity index (χ0v) is 12.4. The van der Waals surface area contributed by atoms with Gasteiger partial charge in [0.1, 0.15) is 5.69 Å². The summed E-state index contributed by atoms with van der Waals surface area (Å²) >= 11 is 0. The van der Waals surface area contributed by atoms with Crippen LogP contribution < -0.4 is 5.43 Å². The number of hydrogen-bond acceptors (Lipinski definition) is 5. The van der Waals surface area contributed by atoms with Crippen molar-refractivity contribution in [2.45, 2.75) is 39.2 Å². The molecule has 0 spiro atoms. The molecule has 0 aliphatic carbocycles. The third-order valence-electron chi connectivity index (χ3n) is 3.72. The van der Waals surface area contributed by atoms with Crippen LogP contribution in [0.2, 0.25) is 0 Å². The number of ether oxygens (including phenoxy) is 1. The smallest absolute Gasteiger partial charge is 0.274 e. The molecule has 21 heavy (non-hydrogen) atoms. The van der Waals surface area contributed by atoms with Crippen molar-refractivity contribution in [3.63, 3.8) is 0 Å². The first-order chi connectivity index (χ1) is 9.95. The number of nitrogens with one attached hydrogen (secondary N) is 1. The van der Waals surface area contributed by atoms with Crippen molar-refractivity contribution in [2.24, 2.45) is 5.41 Å². The molecule has 6 heteroatoms. The molecule has 0 aromatic carbocycles. The summed E-state index contributed by atoms with van der Waals surface area (Å²) in [6.07, 6.45) is 2.52. The molecule has 1 aliphatic heterocycles. The molecular weight excluding hydrogens is 270 g/mol. The predicted octanol–water partition coefficient (Wildman–Crippen LogP) is 2.34. The standard InChI is InChI=1S/C15H19N3O3/c1-15(2,3)12-10(5-7-20-12)13-17-14(21-18-13)11-8-9(19)4-6-16-11/h4,6,8,10,12H,5,7H2,1-3H3,(H,16,19)/t10-,12-/m1/s1.